The Labute approximate surface area is 164 Å². The van der Waals surface area contributed by atoms with E-state index in [1.807, 2.05) is 60.7 Å². The van der Waals surface area contributed by atoms with E-state index in [0.29, 0.717) is 24.3 Å². The average molecular weight is 374 g/mol. The summed E-state index contributed by atoms with van der Waals surface area (Å²) < 4.78 is 5.78. The van der Waals surface area contributed by atoms with Crippen LogP contribution < -0.4 is 15.4 Å². The molecule has 0 saturated carbocycles. The Morgan fingerprint density at radius 3 is 2.25 bits per heavy atom. The van der Waals surface area contributed by atoms with Crippen LogP contribution in [0.5, 0.6) is 5.75 Å². The number of carbonyl (C=O) groups excluding carboxylic acids is 2. The van der Waals surface area contributed by atoms with Gasteiger partial charge in [-0.2, -0.15) is 0 Å². The minimum atomic E-state index is -0.202. The molecule has 3 rings (SSSR count). The number of amides is 2. The third-order valence-electron chi connectivity index (χ3n) is 4.25. The summed E-state index contributed by atoms with van der Waals surface area (Å²) in [6.45, 7) is 0.304. The van der Waals surface area contributed by atoms with Crippen LogP contribution in [-0.4, -0.2) is 18.9 Å². The first-order valence-electron chi connectivity index (χ1n) is 9.02. The number of para-hydroxylation sites is 1. The molecule has 0 aromatic heterocycles. The molecule has 0 aliphatic rings. The normalized spacial score (nSPS) is 10.2. The SMILES string of the molecule is CNC(=O)Cc1ccc(NC(=O)c2ccccc2COc2ccccc2)cc1. The number of likely N-dealkylation sites (N-methyl/N-ethyl adjacent to an activating group) is 1. The number of nitrogens with one attached hydrogen (secondary N) is 2. The van der Waals surface area contributed by atoms with Crippen molar-refractivity contribution in [2.75, 3.05) is 12.4 Å². The van der Waals surface area contributed by atoms with E-state index in [1.54, 1.807) is 25.2 Å². The van der Waals surface area contributed by atoms with Crippen LogP contribution in [0.2, 0.25) is 0 Å². The zero-order valence-corrected chi connectivity index (χ0v) is 15.6. The van der Waals surface area contributed by atoms with Crippen molar-refractivity contribution in [1.29, 1.82) is 0 Å². The van der Waals surface area contributed by atoms with Gasteiger partial charge in [-0.15, -0.1) is 0 Å². The van der Waals surface area contributed by atoms with Gasteiger partial charge in [0.05, 0.1) is 6.42 Å². The number of benzene rings is 3. The van der Waals surface area contributed by atoms with Gasteiger partial charge in [-0.05, 0) is 35.9 Å². The summed E-state index contributed by atoms with van der Waals surface area (Å²) in [5.41, 5.74) is 2.92. The molecule has 3 aromatic rings. The Bertz CT molecular complexity index is 938. The topological polar surface area (TPSA) is 67.4 Å². The van der Waals surface area contributed by atoms with Crippen LogP contribution in [-0.2, 0) is 17.8 Å². The van der Waals surface area contributed by atoms with Gasteiger partial charge in [-0.25, -0.2) is 0 Å². The number of rotatable bonds is 7. The second kappa shape index (κ2) is 9.37. The molecule has 0 saturated heterocycles. The maximum absolute atomic E-state index is 12.7. The maximum Gasteiger partial charge on any atom is 0.256 e. The first-order valence-corrected chi connectivity index (χ1v) is 9.02. The second-order valence-electron chi connectivity index (χ2n) is 6.26. The highest BCUT2D eigenvalue weighted by Gasteiger charge is 2.12. The molecule has 5 heteroatoms. The summed E-state index contributed by atoms with van der Waals surface area (Å²) in [4.78, 5) is 24.2. The summed E-state index contributed by atoms with van der Waals surface area (Å²) in [5, 5.41) is 5.49. The minimum Gasteiger partial charge on any atom is -0.489 e. The van der Waals surface area contributed by atoms with Crippen LogP contribution in [0.25, 0.3) is 0 Å². The van der Waals surface area contributed by atoms with Crippen LogP contribution in [0, 0.1) is 0 Å². The van der Waals surface area contributed by atoms with Gasteiger partial charge in [0.25, 0.3) is 5.91 Å². The van der Waals surface area contributed by atoms with Crippen molar-refractivity contribution in [3.63, 3.8) is 0 Å². The van der Waals surface area contributed by atoms with Crippen LogP contribution in [0.3, 0.4) is 0 Å². The fourth-order valence-corrected chi connectivity index (χ4v) is 2.72. The Morgan fingerprint density at radius 1 is 0.857 bits per heavy atom. The molecule has 0 radical (unpaired) electrons. The van der Waals surface area contributed by atoms with E-state index < -0.39 is 0 Å². The Morgan fingerprint density at radius 2 is 1.54 bits per heavy atom. The molecule has 0 spiro atoms. The summed E-state index contributed by atoms with van der Waals surface area (Å²) in [7, 11) is 1.61. The molecule has 0 aliphatic carbocycles. The molecule has 5 nitrogen and oxygen atoms in total. The quantitative estimate of drug-likeness (QED) is 0.661. The standard InChI is InChI=1S/C23H22N2O3/c1-24-22(26)15-17-11-13-19(14-12-17)25-23(27)21-10-6-5-7-18(21)16-28-20-8-3-2-4-9-20/h2-14H,15-16H2,1H3,(H,24,26)(H,25,27). The second-order valence-corrected chi connectivity index (χ2v) is 6.26. The van der Waals surface area contributed by atoms with Crippen molar-refractivity contribution in [3.05, 3.63) is 95.6 Å². The average Bonchev–Trinajstić information content (AvgIpc) is 2.74. The van der Waals surface area contributed by atoms with E-state index in [1.165, 1.54) is 0 Å². The molecule has 0 aliphatic heterocycles. The lowest BCUT2D eigenvalue weighted by Crippen LogP contribution is -2.20. The smallest absolute Gasteiger partial charge is 0.256 e. The van der Waals surface area contributed by atoms with Crippen LogP contribution >= 0.6 is 0 Å². The number of hydrogen-bond donors (Lipinski definition) is 2. The first kappa shape index (κ1) is 19.2. The zero-order valence-electron chi connectivity index (χ0n) is 15.6. The van der Waals surface area contributed by atoms with Crippen molar-refractivity contribution in [2.45, 2.75) is 13.0 Å². The van der Waals surface area contributed by atoms with Gasteiger partial charge in [0.15, 0.2) is 0 Å². The molecule has 0 fully saturated rings. The molecule has 0 bridgehead atoms. The van der Waals surface area contributed by atoms with Crippen molar-refractivity contribution >= 4 is 17.5 Å². The van der Waals surface area contributed by atoms with Crippen LogP contribution in [0.4, 0.5) is 5.69 Å². The zero-order chi connectivity index (χ0) is 19.8. The van der Waals surface area contributed by atoms with Gasteiger partial charge in [0.2, 0.25) is 5.91 Å². The number of hydrogen-bond acceptors (Lipinski definition) is 3. The molecular weight excluding hydrogens is 352 g/mol. The largest absolute Gasteiger partial charge is 0.489 e. The van der Waals surface area contributed by atoms with Crippen molar-refractivity contribution in [3.8, 4) is 5.75 Å². The molecule has 2 amide bonds. The highest BCUT2D eigenvalue weighted by molar-refractivity contribution is 6.05. The summed E-state index contributed by atoms with van der Waals surface area (Å²) in [6, 6.07) is 24.1. The van der Waals surface area contributed by atoms with Gasteiger partial charge in [0.1, 0.15) is 12.4 Å². The monoisotopic (exact) mass is 374 g/mol. The van der Waals surface area contributed by atoms with Crippen molar-refractivity contribution in [2.24, 2.45) is 0 Å². The van der Waals surface area contributed by atoms with Crippen LogP contribution in [0.1, 0.15) is 21.5 Å². The van der Waals surface area contributed by atoms with E-state index in [-0.39, 0.29) is 11.8 Å². The lowest BCUT2D eigenvalue weighted by Gasteiger charge is -2.12. The molecule has 0 heterocycles. The highest BCUT2D eigenvalue weighted by atomic mass is 16.5. The van der Waals surface area contributed by atoms with Gasteiger partial charge in [-0.3, -0.25) is 9.59 Å². The Kier molecular flexibility index (Phi) is 6.41. The molecule has 28 heavy (non-hydrogen) atoms. The molecule has 2 N–H and O–H groups in total. The number of ether oxygens (including phenoxy) is 1. The minimum absolute atomic E-state index is 0.0517. The van der Waals surface area contributed by atoms with Crippen LogP contribution in [0.15, 0.2) is 78.9 Å². The molecular formula is C23H22N2O3. The summed E-state index contributed by atoms with van der Waals surface area (Å²) in [6.07, 6.45) is 0.310. The Balaban J connectivity index is 1.66. The third-order valence-corrected chi connectivity index (χ3v) is 4.25. The third kappa shape index (κ3) is 5.20. The summed E-state index contributed by atoms with van der Waals surface area (Å²) in [5.74, 6) is 0.500. The fourth-order valence-electron chi connectivity index (χ4n) is 2.72. The lowest BCUT2D eigenvalue weighted by atomic mass is 10.1. The van der Waals surface area contributed by atoms with E-state index >= 15 is 0 Å². The first-order chi connectivity index (χ1) is 13.7. The van der Waals surface area contributed by atoms with E-state index in [9.17, 15) is 9.59 Å². The van der Waals surface area contributed by atoms with Gasteiger partial charge in [0, 0.05) is 23.9 Å². The molecule has 0 atom stereocenters. The van der Waals surface area contributed by atoms with Crippen molar-refractivity contribution in [1.82, 2.24) is 5.32 Å². The van der Waals surface area contributed by atoms with Crippen molar-refractivity contribution < 1.29 is 14.3 Å². The van der Waals surface area contributed by atoms with Gasteiger partial charge >= 0.3 is 0 Å². The lowest BCUT2D eigenvalue weighted by molar-refractivity contribution is -0.119. The fraction of sp³-hybridized carbons (Fsp3) is 0.130. The van der Waals surface area contributed by atoms with E-state index in [2.05, 4.69) is 10.6 Å². The molecule has 142 valence electrons. The molecule has 0 unspecified atom stereocenters. The number of carbonyl (C=O) groups is 2. The number of anilines is 1. The predicted octanol–water partition coefficient (Wildman–Crippen LogP) is 3.81. The predicted molar refractivity (Wildman–Crippen MR) is 109 cm³/mol. The maximum atomic E-state index is 12.7. The van der Waals surface area contributed by atoms with E-state index in [4.69, 9.17) is 4.74 Å². The highest BCUT2D eigenvalue weighted by Crippen LogP contribution is 2.17. The van der Waals surface area contributed by atoms with E-state index in [0.717, 1.165) is 16.9 Å². The van der Waals surface area contributed by atoms with Gasteiger partial charge in [-0.1, -0.05) is 48.5 Å². The molecule has 3 aromatic carbocycles. The Hall–Kier alpha value is -3.60. The summed E-state index contributed by atoms with van der Waals surface area (Å²) >= 11 is 0. The van der Waals surface area contributed by atoms with Gasteiger partial charge < -0.3 is 15.4 Å².